The Morgan fingerprint density at radius 1 is 1.37 bits per heavy atom. The second kappa shape index (κ2) is 6.15. The highest BCUT2D eigenvalue weighted by molar-refractivity contribution is 9.10. The van der Waals surface area contributed by atoms with Gasteiger partial charge >= 0.3 is 0 Å². The second-order valence-corrected chi connectivity index (χ2v) is 6.05. The Bertz CT molecular complexity index is 563. The zero-order valence-corrected chi connectivity index (χ0v) is 13.6. The molecule has 1 heterocycles. The van der Waals surface area contributed by atoms with E-state index in [-0.39, 0.29) is 5.82 Å². The largest absolute Gasteiger partial charge is 0.319 e. The third kappa shape index (κ3) is 3.24. The number of hydrogen-bond acceptors (Lipinski definition) is 2. The molecule has 0 spiro atoms. The molecular weight excluding hydrogens is 377 g/mol. The average Bonchev–Trinajstić information content (AvgIpc) is 2.69. The summed E-state index contributed by atoms with van der Waals surface area (Å²) in [7, 11) is 0. The number of nitrogens with two attached hydrogens (primary N) is 1. The van der Waals surface area contributed by atoms with E-state index in [9.17, 15) is 4.39 Å². The summed E-state index contributed by atoms with van der Waals surface area (Å²) in [5, 5.41) is 4.28. The number of aryl methyl sites for hydroxylation is 1. The number of hydrogen-bond donors (Lipinski definition) is 1. The van der Waals surface area contributed by atoms with Gasteiger partial charge in [-0.15, -0.1) is 0 Å². The maximum absolute atomic E-state index is 13.5. The maximum atomic E-state index is 13.5. The quantitative estimate of drug-likeness (QED) is 0.857. The van der Waals surface area contributed by atoms with E-state index in [0.29, 0.717) is 10.0 Å². The second-order valence-electron chi connectivity index (χ2n) is 4.28. The van der Waals surface area contributed by atoms with Crippen LogP contribution in [0.5, 0.6) is 0 Å². The molecule has 0 aliphatic heterocycles. The average molecular weight is 391 g/mol. The normalized spacial score (nSPS) is 12.7. The third-order valence-electron chi connectivity index (χ3n) is 2.81. The summed E-state index contributed by atoms with van der Waals surface area (Å²) >= 11 is 6.74. The molecular formula is C13H14Br2FN3. The summed E-state index contributed by atoms with van der Waals surface area (Å²) in [6.07, 6.45) is 2.68. The van der Waals surface area contributed by atoms with Gasteiger partial charge < -0.3 is 5.73 Å². The van der Waals surface area contributed by atoms with Crippen LogP contribution in [0.3, 0.4) is 0 Å². The van der Waals surface area contributed by atoms with Crippen molar-refractivity contribution in [1.29, 1.82) is 0 Å². The van der Waals surface area contributed by atoms with Crippen LogP contribution in [0.1, 0.15) is 30.6 Å². The highest BCUT2D eigenvalue weighted by Crippen LogP contribution is 2.29. The van der Waals surface area contributed by atoms with Crippen molar-refractivity contribution in [3.05, 3.63) is 50.4 Å². The van der Waals surface area contributed by atoms with Gasteiger partial charge in [0, 0.05) is 11.0 Å². The molecule has 1 aromatic carbocycles. The first-order valence-corrected chi connectivity index (χ1v) is 7.54. The van der Waals surface area contributed by atoms with Gasteiger partial charge in [0.1, 0.15) is 5.82 Å². The van der Waals surface area contributed by atoms with E-state index in [1.165, 1.54) is 12.1 Å². The van der Waals surface area contributed by atoms with Gasteiger partial charge in [0.2, 0.25) is 0 Å². The summed E-state index contributed by atoms with van der Waals surface area (Å²) in [4.78, 5) is 0. The Hall–Kier alpha value is -0.720. The van der Waals surface area contributed by atoms with Crippen LogP contribution >= 0.6 is 31.9 Å². The summed E-state index contributed by atoms with van der Waals surface area (Å²) in [6, 6.07) is 4.26. The Labute approximate surface area is 128 Å². The van der Waals surface area contributed by atoms with Crippen molar-refractivity contribution in [3.63, 3.8) is 0 Å². The summed E-state index contributed by atoms with van der Waals surface area (Å²) < 4.78 is 16.8. The molecule has 0 saturated heterocycles. The molecule has 2 N–H and O–H groups in total. The van der Waals surface area contributed by atoms with Gasteiger partial charge in [-0.25, -0.2) is 4.39 Å². The summed E-state index contributed by atoms with van der Waals surface area (Å²) in [5.41, 5.74) is 7.83. The molecule has 19 heavy (non-hydrogen) atoms. The molecule has 0 bridgehead atoms. The van der Waals surface area contributed by atoms with Crippen LogP contribution in [-0.2, 0) is 6.54 Å². The topological polar surface area (TPSA) is 43.8 Å². The predicted octanol–water partition coefficient (Wildman–Crippen LogP) is 4.01. The van der Waals surface area contributed by atoms with E-state index in [0.717, 1.165) is 23.1 Å². The molecule has 1 aromatic heterocycles. The predicted molar refractivity (Wildman–Crippen MR) is 80.3 cm³/mol. The highest BCUT2D eigenvalue weighted by Gasteiger charge is 2.19. The van der Waals surface area contributed by atoms with Gasteiger partial charge in [0.15, 0.2) is 0 Å². The minimum absolute atomic E-state index is 0.308. The van der Waals surface area contributed by atoms with E-state index in [2.05, 4.69) is 43.9 Å². The Morgan fingerprint density at radius 2 is 2.11 bits per heavy atom. The van der Waals surface area contributed by atoms with Crippen molar-refractivity contribution in [2.24, 2.45) is 5.73 Å². The molecule has 1 atom stereocenters. The molecule has 3 nitrogen and oxygen atoms in total. The molecule has 6 heteroatoms. The minimum Gasteiger partial charge on any atom is -0.319 e. The van der Waals surface area contributed by atoms with Gasteiger partial charge in [0.05, 0.1) is 22.4 Å². The van der Waals surface area contributed by atoms with Crippen LogP contribution in [0.15, 0.2) is 33.3 Å². The molecule has 0 aliphatic carbocycles. The van der Waals surface area contributed by atoms with Crippen LogP contribution in [0.2, 0.25) is 0 Å². The van der Waals surface area contributed by atoms with E-state index in [1.807, 2.05) is 10.7 Å². The van der Waals surface area contributed by atoms with Crippen molar-refractivity contribution in [2.45, 2.75) is 25.9 Å². The zero-order chi connectivity index (χ0) is 14.0. The number of halogens is 3. The fraction of sp³-hybridized carbons (Fsp3) is 0.308. The van der Waals surface area contributed by atoms with E-state index in [4.69, 9.17) is 5.73 Å². The smallest absolute Gasteiger partial charge is 0.124 e. The molecule has 2 aromatic rings. The number of benzene rings is 1. The first-order chi connectivity index (χ1) is 9.02. The van der Waals surface area contributed by atoms with E-state index < -0.39 is 6.04 Å². The van der Waals surface area contributed by atoms with Crippen LogP contribution in [-0.4, -0.2) is 9.78 Å². The molecule has 0 saturated carbocycles. The first-order valence-electron chi connectivity index (χ1n) is 5.95. The molecule has 0 fully saturated rings. The van der Waals surface area contributed by atoms with Crippen LogP contribution < -0.4 is 5.73 Å². The molecule has 0 amide bonds. The molecule has 102 valence electrons. The van der Waals surface area contributed by atoms with Crippen LogP contribution in [0.4, 0.5) is 4.39 Å². The Morgan fingerprint density at radius 3 is 2.74 bits per heavy atom. The molecule has 0 aliphatic rings. The summed E-state index contributed by atoms with van der Waals surface area (Å²) in [5.74, 6) is -0.308. The van der Waals surface area contributed by atoms with Crippen LogP contribution in [0, 0.1) is 5.82 Å². The fourth-order valence-corrected chi connectivity index (χ4v) is 3.01. The third-order valence-corrected chi connectivity index (χ3v) is 3.88. The summed E-state index contributed by atoms with van der Waals surface area (Å²) in [6.45, 7) is 2.86. The highest BCUT2D eigenvalue weighted by atomic mass is 79.9. The van der Waals surface area contributed by atoms with Gasteiger partial charge in [0.25, 0.3) is 0 Å². The SMILES string of the molecule is CCCn1ncc(Br)c1C(N)c1cc(F)cc(Br)c1. The number of rotatable bonds is 4. The lowest BCUT2D eigenvalue weighted by Gasteiger charge is -2.16. The zero-order valence-electron chi connectivity index (χ0n) is 10.4. The van der Waals surface area contributed by atoms with Crippen molar-refractivity contribution >= 4 is 31.9 Å². The standard InChI is InChI=1S/C13H14Br2FN3/c1-2-3-19-13(11(15)7-18-19)12(17)8-4-9(14)6-10(16)5-8/h4-7,12H,2-3,17H2,1H3. The molecule has 1 unspecified atom stereocenters. The van der Waals surface area contributed by atoms with Gasteiger partial charge in [-0.1, -0.05) is 22.9 Å². The lowest BCUT2D eigenvalue weighted by atomic mass is 10.0. The van der Waals surface area contributed by atoms with Gasteiger partial charge in [-0.3, -0.25) is 4.68 Å². The van der Waals surface area contributed by atoms with Gasteiger partial charge in [-0.05, 0) is 46.1 Å². The van der Waals surface area contributed by atoms with Gasteiger partial charge in [-0.2, -0.15) is 5.10 Å². The molecule has 2 rings (SSSR count). The number of aromatic nitrogens is 2. The Balaban J connectivity index is 2.43. The van der Waals surface area contributed by atoms with E-state index in [1.54, 1.807) is 6.20 Å². The number of nitrogens with zero attached hydrogens (tertiary/aromatic N) is 2. The molecule has 0 radical (unpaired) electrons. The fourth-order valence-electron chi connectivity index (χ4n) is 1.98. The van der Waals surface area contributed by atoms with Crippen molar-refractivity contribution in [1.82, 2.24) is 9.78 Å². The van der Waals surface area contributed by atoms with Crippen molar-refractivity contribution in [2.75, 3.05) is 0 Å². The minimum atomic E-state index is -0.421. The first kappa shape index (κ1) is 14.7. The monoisotopic (exact) mass is 389 g/mol. The van der Waals surface area contributed by atoms with Crippen LogP contribution in [0.25, 0.3) is 0 Å². The van der Waals surface area contributed by atoms with E-state index >= 15 is 0 Å². The lowest BCUT2D eigenvalue weighted by Crippen LogP contribution is -2.18. The maximum Gasteiger partial charge on any atom is 0.124 e. The van der Waals surface area contributed by atoms with Crippen molar-refractivity contribution < 1.29 is 4.39 Å². The Kier molecular flexibility index (Phi) is 4.76. The van der Waals surface area contributed by atoms with Crippen molar-refractivity contribution in [3.8, 4) is 0 Å². The lowest BCUT2D eigenvalue weighted by molar-refractivity contribution is 0.557.